The zero-order valence-corrected chi connectivity index (χ0v) is 13.8. The second-order valence-corrected chi connectivity index (χ2v) is 5.71. The van der Waals surface area contributed by atoms with E-state index in [1.54, 1.807) is 12.3 Å². The van der Waals surface area contributed by atoms with Crippen LogP contribution in [0.3, 0.4) is 0 Å². The normalized spacial score (nSPS) is 15.2. The summed E-state index contributed by atoms with van der Waals surface area (Å²) in [6.45, 7) is 5.11. The Balaban J connectivity index is 1.54. The number of rotatable bonds is 6. The first kappa shape index (κ1) is 16.8. The van der Waals surface area contributed by atoms with Gasteiger partial charge in [0.1, 0.15) is 5.82 Å². The fraction of sp³-hybridized carbons (Fsp3) is 0.400. The number of nitrogens with zero attached hydrogens (tertiary/aromatic N) is 4. The molecule has 1 saturated heterocycles. The summed E-state index contributed by atoms with van der Waals surface area (Å²) in [6.07, 6.45) is 1.56. The van der Waals surface area contributed by atoms with Gasteiger partial charge in [-0.25, -0.2) is 4.39 Å². The molecule has 24 heavy (non-hydrogen) atoms. The Kier molecular flexibility index (Phi) is 5.73. The van der Waals surface area contributed by atoms with Crippen LogP contribution in [0.4, 0.5) is 21.8 Å². The third-order valence-electron chi connectivity index (χ3n) is 3.57. The molecule has 3 rings (SSSR count). The Morgan fingerprint density at radius 2 is 2.12 bits per heavy atom. The monoisotopic (exact) mass is 352 g/mol. The summed E-state index contributed by atoms with van der Waals surface area (Å²) < 4.78 is 18.5. The SMILES string of the molecule is Fc1ccc(Nc2nncc(NCCN3CCOCC3)n2)cc1Cl. The van der Waals surface area contributed by atoms with E-state index in [0.717, 1.165) is 39.4 Å². The summed E-state index contributed by atoms with van der Waals surface area (Å²) in [5, 5.41) is 14.0. The van der Waals surface area contributed by atoms with Crippen LogP contribution in [0.5, 0.6) is 0 Å². The quantitative estimate of drug-likeness (QED) is 0.825. The smallest absolute Gasteiger partial charge is 0.249 e. The summed E-state index contributed by atoms with van der Waals surface area (Å²) in [7, 11) is 0. The van der Waals surface area contributed by atoms with E-state index in [2.05, 4.69) is 30.7 Å². The molecule has 1 aromatic heterocycles. The third-order valence-corrected chi connectivity index (χ3v) is 3.86. The van der Waals surface area contributed by atoms with Crippen molar-refractivity contribution >= 4 is 29.1 Å². The lowest BCUT2D eigenvalue weighted by Gasteiger charge is -2.26. The first-order chi connectivity index (χ1) is 11.7. The van der Waals surface area contributed by atoms with Crippen molar-refractivity contribution in [2.45, 2.75) is 0 Å². The molecule has 7 nitrogen and oxygen atoms in total. The van der Waals surface area contributed by atoms with Gasteiger partial charge in [-0.1, -0.05) is 11.6 Å². The molecule has 2 aromatic rings. The molecule has 2 N–H and O–H groups in total. The average Bonchev–Trinajstić information content (AvgIpc) is 2.60. The van der Waals surface area contributed by atoms with Gasteiger partial charge in [0.2, 0.25) is 5.95 Å². The van der Waals surface area contributed by atoms with Crippen LogP contribution in [0.2, 0.25) is 5.02 Å². The lowest BCUT2D eigenvalue weighted by Crippen LogP contribution is -2.39. The topological polar surface area (TPSA) is 75.2 Å². The molecule has 1 aliphatic rings. The van der Waals surface area contributed by atoms with Gasteiger partial charge in [0.15, 0.2) is 5.82 Å². The van der Waals surface area contributed by atoms with Crippen LogP contribution < -0.4 is 10.6 Å². The maximum absolute atomic E-state index is 13.2. The molecule has 0 atom stereocenters. The lowest BCUT2D eigenvalue weighted by atomic mass is 10.3. The summed E-state index contributed by atoms with van der Waals surface area (Å²) in [5.74, 6) is 0.461. The molecule has 1 fully saturated rings. The number of aromatic nitrogens is 3. The number of hydrogen-bond acceptors (Lipinski definition) is 7. The Morgan fingerprint density at radius 1 is 1.29 bits per heavy atom. The summed E-state index contributed by atoms with van der Waals surface area (Å²) in [5.41, 5.74) is 0.591. The lowest BCUT2D eigenvalue weighted by molar-refractivity contribution is 0.0398. The zero-order chi connectivity index (χ0) is 16.8. The molecule has 2 heterocycles. The average molecular weight is 353 g/mol. The van der Waals surface area contributed by atoms with Crippen molar-refractivity contribution in [3.63, 3.8) is 0 Å². The molecular formula is C15H18ClFN6O. The number of hydrogen-bond donors (Lipinski definition) is 2. The zero-order valence-electron chi connectivity index (χ0n) is 13.0. The summed E-state index contributed by atoms with van der Waals surface area (Å²) in [4.78, 5) is 6.65. The highest BCUT2D eigenvalue weighted by atomic mass is 35.5. The van der Waals surface area contributed by atoms with Gasteiger partial charge in [0.05, 0.1) is 24.4 Å². The maximum atomic E-state index is 13.2. The van der Waals surface area contributed by atoms with Gasteiger partial charge in [-0.2, -0.15) is 10.1 Å². The first-order valence-electron chi connectivity index (χ1n) is 7.66. The van der Waals surface area contributed by atoms with Crippen LogP contribution in [0.15, 0.2) is 24.4 Å². The summed E-state index contributed by atoms with van der Waals surface area (Å²) in [6, 6.07) is 4.31. The van der Waals surface area contributed by atoms with Crippen LogP contribution in [-0.2, 0) is 4.74 Å². The first-order valence-corrected chi connectivity index (χ1v) is 8.04. The molecule has 0 bridgehead atoms. The molecule has 0 aliphatic carbocycles. The molecule has 0 spiro atoms. The fourth-order valence-electron chi connectivity index (χ4n) is 2.31. The van der Waals surface area contributed by atoms with Crippen molar-refractivity contribution < 1.29 is 9.13 Å². The Hall–Kier alpha value is -2.03. The van der Waals surface area contributed by atoms with Gasteiger partial charge in [0.25, 0.3) is 0 Å². The van der Waals surface area contributed by atoms with Gasteiger partial charge in [0, 0.05) is 31.9 Å². The Bertz CT molecular complexity index is 683. The number of halogens is 2. The van der Waals surface area contributed by atoms with Gasteiger partial charge < -0.3 is 15.4 Å². The number of nitrogens with one attached hydrogen (secondary N) is 2. The van der Waals surface area contributed by atoms with Crippen molar-refractivity contribution in [2.75, 3.05) is 50.0 Å². The van der Waals surface area contributed by atoms with Crippen molar-refractivity contribution in [2.24, 2.45) is 0 Å². The van der Waals surface area contributed by atoms with E-state index in [0.29, 0.717) is 17.5 Å². The van der Waals surface area contributed by atoms with Gasteiger partial charge in [-0.15, -0.1) is 5.10 Å². The van der Waals surface area contributed by atoms with E-state index in [1.807, 2.05) is 0 Å². The van der Waals surface area contributed by atoms with Crippen molar-refractivity contribution in [1.82, 2.24) is 20.1 Å². The molecular weight excluding hydrogens is 335 g/mol. The molecule has 0 amide bonds. The van der Waals surface area contributed by atoms with Crippen LogP contribution in [0, 0.1) is 5.82 Å². The minimum Gasteiger partial charge on any atom is -0.379 e. The number of benzene rings is 1. The molecule has 0 radical (unpaired) electrons. The minimum absolute atomic E-state index is 0.0350. The largest absolute Gasteiger partial charge is 0.379 e. The second kappa shape index (κ2) is 8.18. The van der Waals surface area contributed by atoms with Crippen LogP contribution >= 0.6 is 11.6 Å². The van der Waals surface area contributed by atoms with Gasteiger partial charge >= 0.3 is 0 Å². The van der Waals surface area contributed by atoms with Crippen molar-refractivity contribution in [1.29, 1.82) is 0 Å². The molecule has 0 saturated carbocycles. The molecule has 0 unspecified atom stereocenters. The van der Waals surface area contributed by atoms with E-state index in [9.17, 15) is 4.39 Å². The standard InChI is InChI=1S/C15H18ClFN6O/c16-12-9-11(1-2-13(12)17)20-15-21-14(10-19-22-15)18-3-4-23-5-7-24-8-6-23/h1-2,9-10H,3-8H2,(H2,18,20,21,22). The highest BCUT2D eigenvalue weighted by molar-refractivity contribution is 6.31. The highest BCUT2D eigenvalue weighted by Gasteiger charge is 2.09. The van der Waals surface area contributed by atoms with Gasteiger partial charge in [-0.05, 0) is 18.2 Å². The third kappa shape index (κ3) is 4.73. The Labute approximate surface area is 144 Å². The Morgan fingerprint density at radius 3 is 2.92 bits per heavy atom. The van der Waals surface area contributed by atoms with E-state index in [4.69, 9.17) is 16.3 Å². The second-order valence-electron chi connectivity index (χ2n) is 5.30. The van der Waals surface area contributed by atoms with Crippen molar-refractivity contribution in [3.8, 4) is 0 Å². The molecule has 9 heteroatoms. The van der Waals surface area contributed by atoms with E-state index in [-0.39, 0.29) is 5.02 Å². The number of ether oxygens (including phenoxy) is 1. The van der Waals surface area contributed by atoms with E-state index < -0.39 is 5.82 Å². The van der Waals surface area contributed by atoms with E-state index in [1.165, 1.54) is 12.1 Å². The van der Waals surface area contributed by atoms with Crippen LogP contribution in [0.25, 0.3) is 0 Å². The van der Waals surface area contributed by atoms with Crippen molar-refractivity contribution in [3.05, 3.63) is 35.2 Å². The highest BCUT2D eigenvalue weighted by Crippen LogP contribution is 2.21. The minimum atomic E-state index is -0.472. The molecule has 1 aliphatic heterocycles. The molecule has 128 valence electrons. The van der Waals surface area contributed by atoms with E-state index >= 15 is 0 Å². The maximum Gasteiger partial charge on any atom is 0.249 e. The van der Waals surface area contributed by atoms with Crippen LogP contribution in [-0.4, -0.2) is 59.5 Å². The fourth-order valence-corrected chi connectivity index (χ4v) is 2.49. The number of anilines is 3. The molecule has 1 aromatic carbocycles. The van der Waals surface area contributed by atoms with Gasteiger partial charge in [-0.3, -0.25) is 4.90 Å². The van der Waals surface area contributed by atoms with Crippen LogP contribution in [0.1, 0.15) is 0 Å². The summed E-state index contributed by atoms with van der Waals surface area (Å²) >= 11 is 5.76. The predicted octanol–water partition coefficient (Wildman–Crippen LogP) is 2.15. The number of morpholine rings is 1. The predicted molar refractivity (Wildman–Crippen MR) is 90.3 cm³/mol.